The Labute approximate surface area is 184 Å². The predicted molar refractivity (Wildman–Crippen MR) is 118 cm³/mol. The van der Waals surface area contributed by atoms with Crippen LogP contribution in [0.5, 0.6) is 0 Å². The van der Waals surface area contributed by atoms with Crippen LogP contribution in [0.15, 0.2) is 54.9 Å². The monoisotopic (exact) mass is 433 g/mol. The number of carbonyl (C=O) groups excluding carboxylic acids is 1. The quantitative estimate of drug-likeness (QED) is 0.644. The predicted octanol–water partition coefficient (Wildman–Crippen LogP) is 3.94. The van der Waals surface area contributed by atoms with Gasteiger partial charge in [0, 0.05) is 36.9 Å². The Bertz CT molecular complexity index is 1130. The number of aromatic nitrogens is 2. The van der Waals surface area contributed by atoms with E-state index in [9.17, 15) is 4.79 Å². The lowest BCUT2D eigenvalue weighted by molar-refractivity contribution is -0.125. The van der Waals surface area contributed by atoms with Gasteiger partial charge in [-0.3, -0.25) is 4.79 Å². The molecule has 0 spiro atoms. The minimum atomic E-state index is -0.727. The molecule has 0 unspecified atom stereocenters. The summed E-state index contributed by atoms with van der Waals surface area (Å²) in [4.78, 5) is 21.5. The maximum Gasteiger partial charge on any atom is 0.235 e. The first-order chi connectivity index (χ1) is 15.0. The van der Waals surface area contributed by atoms with Crippen molar-refractivity contribution in [2.45, 2.75) is 18.3 Å². The number of hydrogen-bond donors (Lipinski definition) is 2. The van der Waals surface area contributed by atoms with Crippen LogP contribution in [0.1, 0.15) is 24.0 Å². The molecule has 8 heteroatoms. The Balaban J connectivity index is 1.63. The Morgan fingerprint density at radius 2 is 1.77 bits per heavy atom. The molecule has 2 heterocycles. The number of carbonyl (C=O) groups is 1. The van der Waals surface area contributed by atoms with E-state index in [1.54, 1.807) is 30.6 Å². The molecule has 1 amide bonds. The summed E-state index contributed by atoms with van der Waals surface area (Å²) in [6.07, 6.45) is 4.46. The minimum Gasteiger partial charge on any atom is -0.381 e. The van der Waals surface area contributed by atoms with E-state index in [0.29, 0.717) is 42.3 Å². The molecule has 7 nitrogen and oxygen atoms in total. The van der Waals surface area contributed by atoms with E-state index in [4.69, 9.17) is 27.3 Å². The van der Waals surface area contributed by atoms with Gasteiger partial charge in [-0.05, 0) is 42.2 Å². The maximum absolute atomic E-state index is 13.4. The SMILES string of the molecule is N#Cc1ccc(NC(=O)C2(c3ccc(-c4cnc(N)nc4)cc3)CCOCC2)cc1Cl. The highest BCUT2D eigenvalue weighted by atomic mass is 35.5. The Morgan fingerprint density at radius 1 is 1.10 bits per heavy atom. The Hall–Kier alpha value is -3.47. The van der Waals surface area contributed by atoms with Crippen LogP contribution in [0.3, 0.4) is 0 Å². The minimum absolute atomic E-state index is 0.125. The van der Waals surface area contributed by atoms with Crippen LogP contribution in [-0.4, -0.2) is 29.1 Å². The highest BCUT2D eigenvalue weighted by Gasteiger charge is 2.41. The summed E-state index contributed by atoms with van der Waals surface area (Å²) in [5.41, 5.74) is 8.44. The summed E-state index contributed by atoms with van der Waals surface area (Å²) < 4.78 is 5.53. The largest absolute Gasteiger partial charge is 0.381 e. The van der Waals surface area contributed by atoms with Gasteiger partial charge in [0.15, 0.2) is 0 Å². The number of ether oxygens (including phenoxy) is 1. The highest BCUT2D eigenvalue weighted by Crippen LogP contribution is 2.37. The zero-order chi connectivity index (χ0) is 21.8. The van der Waals surface area contributed by atoms with Gasteiger partial charge in [-0.1, -0.05) is 35.9 Å². The molecule has 0 bridgehead atoms. The average molecular weight is 434 g/mol. The summed E-state index contributed by atoms with van der Waals surface area (Å²) in [6, 6.07) is 14.7. The van der Waals surface area contributed by atoms with Crippen molar-refractivity contribution in [3.8, 4) is 17.2 Å². The number of nitrogens with zero attached hydrogens (tertiary/aromatic N) is 3. The van der Waals surface area contributed by atoms with Gasteiger partial charge in [0.1, 0.15) is 6.07 Å². The van der Waals surface area contributed by atoms with Crippen molar-refractivity contribution in [1.82, 2.24) is 9.97 Å². The standard InChI is InChI=1S/C23H20ClN5O2/c24-20-11-19(6-3-16(20)12-25)29-21(30)23(7-9-31-10-8-23)18-4-1-15(2-5-18)17-13-27-22(26)28-14-17/h1-6,11,13-14H,7-10H2,(H,29,30)(H2,26,27,28). The van der Waals surface area contributed by atoms with E-state index >= 15 is 0 Å². The maximum atomic E-state index is 13.4. The van der Waals surface area contributed by atoms with Crippen molar-refractivity contribution < 1.29 is 9.53 Å². The number of hydrogen-bond acceptors (Lipinski definition) is 6. The van der Waals surface area contributed by atoms with Crippen LogP contribution >= 0.6 is 11.6 Å². The third kappa shape index (κ3) is 4.22. The number of amides is 1. The van der Waals surface area contributed by atoms with Crippen LogP contribution in [0, 0.1) is 11.3 Å². The molecule has 31 heavy (non-hydrogen) atoms. The molecule has 3 N–H and O–H groups in total. The number of nitrogens with two attached hydrogens (primary N) is 1. The molecule has 2 aromatic carbocycles. The smallest absolute Gasteiger partial charge is 0.235 e. The first-order valence-electron chi connectivity index (χ1n) is 9.79. The van der Waals surface area contributed by atoms with E-state index in [1.165, 1.54) is 0 Å². The lowest BCUT2D eigenvalue weighted by Crippen LogP contribution is -2.44. The molecule has 1 saturated heterocycles. The second-order valence-corrected chi connectivity index (χ2v) is 7.77. The number of nitriles is 1. The van der Waals surface area contributed by atoms with Crippen LogP contribution in [0.4, 0.5) is 11.6 Å². The summed E-state index contributed by atoms with van der Waals surface area (Å²) in [5, 5.41) is 12.3. The summed E-state index contributed by atoms with van der Waals surface area (Å²) >= 11 is 6.12. The number of nitrogen functional groups attached to an aromatic ring is 1. The zero-order valence-corrected chi connectivity index (χ0v) is 17.4. The van der Waals surface area contributed by atoms with Gasteiger partial charge >= 0.3 is 0 Å². The van der Waals surface area contributed by atoms with E-state index in [2.05, 4.69) is 15.3 Å². The van der Waals surface area contributed by atoms with Crippen molar-refractivity contribution in [1.29, 1.82) is 5.26 Å². The van der Waals surface area contributed by atoms with Crippen molar-refractivity contribution >= 4 is 29.1 Å². The van der Waals surface area contributed by atoms with Crippen LogP contribution in [0.2, 0.25) is 5.02 Å². The fourth-order valence-electron chi connectivity index (χ4n) is 3.77. The van der Waals surface area contributed by atoms with Gasteiger partial charge in [0.25, 0.3) is 0 Å². The molecule has 0 aliphatic carbocycles. The molecule has 3 aromatic rings. The van der Waals surface area contributed by atoms with Crippen molar-refractivity contribution in [2.24, 2.45) is 0 Å². The molecule has 1 aliphatic heterocycles. The first kappa shape index (κ1) is 20.8. The van der Waals surface area contributed by atoms with Gasteiger partial charge in [0.05, 0.1) is 16.0 Å². The summed E-state index contributed by atoms with van der Waals surface area (Å²) in [5.74, 6) is 0.0984. The molecular formula is C23H20ClN5O2. The van der Waals surface area contributed by atoms with Gasteiger partial charge in [-0.15, -0.1) is 0 Å². The molecule has 0 saturated carbocycles. The van der Waals surface area contributed by atoms with Gasteiger partial charge in [-0.25, -0.2) is 9.97 Å². The molecule has 0 atom stereocenters. The number of nitrogens with one attached hydrogen (secondary N) is 1. The van der Waals surface area contributed by atoms with Crippen molar-refractivity contribution in [3.05, 3.63) is 71.0 Å². The van der Waals surface area contributed by atoms with Gasteiger partial charge in [0.2, 0.25) is 11.9 Å². The number of halogens is 1. The molecule has 1 fully saturated rings. The van der Waals surface area contributed by atoms with E-state index in [0.717, 1.165) is 16.7 Å². The average Bonchev–Trinajstić information content (AvgIpc) is 2.80. The second kappa shape index (κ2) is 8.72. The van der Waals surface area contributed by atoms with Gasteiger partial charge < -0.3 is 15.8 Å². The Morgan fingerprint density at radius 3 is 2.39 bits per heavy atom. The van der Waals surface area contributed by atoms with E-state index in [-0.39, 0.29) is 11.9 Å². The Kier molecular flexibility index (Phi) is 5.85. The third-order valence-corrected chi connectivity index (χ3v) is 5.88. The molecule has 1 aliphatic rings. The fourth-order valence-corrected chi connectivity index (χ4v) is 3.99. The molecule has 1 aromatic heterocycles. The normalized spacial score (nSPS) is 15.1. The number of benzene rings is 2. The molecule has 0 radical (unpaired) electrons. The van der Waals surface area contributed by atoms with E-state index in [1.807, 2.05) is 30.3 Å². The summed E-state index contributed by atoms with van der Waals surface area (Å²) in [6.45, 7) is 0.990. The van der Waals surface area contributed by atoms with Crippen molar-refractivity contribution in [2.75, 3.05) is 24.3 Å². The first-order valence-corrected chi connectivity index (χ1v) is 10.2. The molecule has 4 rings (SSSR count). The van der Waals surface area contributed by atoms with Gasteiger partial charge in [-0.2, -0.15) is 5.26 Å². The number of rotatable bonds is 4. The fraction of sp³-hybridized carbons (Fsp3) is 0.217. The van der Waals surface area contributed by atoms with Crippen LogP contribution in [-0.2, 0) is 14.9 Å². The molecular weight excluding hydrogens is 414 g/mol. The number of anilines is 2. The zero-order valence-electron chi connectivity index (χ0n) is 16.6. The summed E-state index contributed by atoms with van der Waals surface area (Å²) in [7, 11) is 0. The highest BCUT2D eigenvalue weighted by molar-refractivity contribution is 6.32. The van der Waals surface area contributed by atoms with E-state index < -0.39 is 5.41 Å². The topological polar surface area (TPSA) is 114 Å². The van der Waals surface area contributed by atoms with Crippen LogP contribution in [0.25, 0.3) is 11.1 Å². The van der Waals surface area contributed by atoms with Crippen LogP contribution < -0.4 is 11.1 Å². The lowest BCUT2D eigenvalue weighted by atomic mass is 9.73. The molecule has 156 valence electrons. The second-order valence-electron chi connectivity index (χ2n) is 7.36. The third-order valence-electron chi connectivity index (χ3n) is 5.57. The lowest BCUT2D eigenvalue weighted by Gasteiger charge is -2.36. The van der Waals surface area contributed by atoms with Crippen molar-refractivity contribution in [3.63, 3.8) is 0 Å².